The molecule has 0 bridgehead atoms. The standard InChI is InChI=1S/C13H25NO3/c1-3-17-12(15)11(2)14-10-13(16)8-6-4-5-7-9-13/h11,14,16H,3-10H2,1-2H3. The molecular formula is C13H25NO3. The molecule has 1 unspecified atom stereocenters. The molecule has 1 saturated carbocycles. The molecule has 0 aromatic rings. The van der Waals surface area contributed by atoms with E-state index in [0.29, 0.717) is 13.2 Å². The van der Waals surface area contributed by atoms with E-state index in [4.69, 9.17) is 4.74 Å². The second kappa shape index (κ2) is 6.97. The Morgan fingerprint density at radius 3 is 2.47 bits per heavy atom. The number of rotatable bonds is 5. The molecular weight excluding hydrogens is 218 g/mol. The Labute approximate surface area is 104 Å². The van der Waals surface area contributed by atoms with Gasteiger partial charge >= 0.3 is 5.97 Å². The summed E-state index contributed by atoms with van der Waals surface area (Å²) >= 11 is 0. The predicted octanol–water partition coefficient (Wildman–Crippen LogP) is 1.61. The second-order valence-corrected chi connectivity index (χ2v) is 4.99. The lowest BCUT2D eigenvalue weighted by Crippen LogP contribution is -2.46. The largest absolute Gasteiger partial charge is 0.465 e. The van der Waals surface area contributed by atoms with Crippen LogP contribution in [0.25, 0.3) is 0 Å². The summed E-state index contributed by atoms with van der Waals surface area (Å²) in [7, 11) is 0. The molecule has 0 spiro atoms. The summed E-state index contributed by atoms with van der Waals surface area (Å²) in [4.78, 5) is 11.4. The number of hydrogen-bond acceptors (Lipinski definition) is 4. The highest BCUT2D eigenvalue weighted by Crippen LogP contribution is 2.26. The monoisotopic (exact) mass is 243 g/mol. The first-order valence-electron chi connectivity index (χ1n) is 6.70. The van der Waals surface area contributed by atoms with Gasteiger partial charge in [0.2, 0.25) is 0 Å². The first kappa shape index (κ1) is 14.5. The van der Waals surface area contributed by atoms with Crippen molar-refractivity contribution < 1.29 is 14.6 Å². The molecule has 17 heavy (non-hydrogen) atoms. The van der Waals surface area contributed by atoms with E-state index in [9.17, 15) is 9.90 Å². The van der Waals surface area contributed by atoms with E-state index in [2.05, 4.69) is 5.32 Å². The first-order chi connectivity index (χ1) is 8.07. The molecule has 2 N–H and O–H groups in total. The van der Waals surface area contributed by atoms with Crippen molar-refractivity contribution in [2.24, 2.45) is 0 Å². The average Bonchev–Trinajstić information content (AvgIpc) is 2.52. The van der Waals surface area contributed by atoms with Crippen LogP contribution in [0.15, 0.2) is 0 Å². The quantitative estimate of drug-likeness (QED) is 0.569. The average molecular weight is 243 g/mol. The third kappa shape index (κ3) is 5.04. The van der Waals surface area contributed by atoms with Crippen LogP contribution in [0.3, 0.4) is 0 Å². The van der Waals surface area contributed by atoms with E-state index < -0.39 is 5.60 Å². The van der Waals surface area contributed by atoms with Crippen LogP contribution in [0.4, 0.5) is 0 Å². The smallest absolute Gasteiger partial charge is 0.322 e. The van der Waals surface area contributed by atoms with Crippen molar-refractivity contribution in [3.63, 3.8) is 0 Å². The van der Waals surface area contributed by atoms with Crippen molar-refractivity contribution >= 4 is 5.97 Å². The van der Waals surface area contributed by atoms with Gasteiger partial charge < -0.3 is 15.2 Å². The van der Waals surface area contributed by atoms with Gasteiger partial charge in [0.1, 0.15) is 6.04 Å². The Bertz CT molecular complexity index is 235. The minimum absolute atomic E-state index is 0.246. The summed E-state index contributed by atoms with van der Waals surface area (Å²) in [5, 5.41) is 13.5. The molecule has 0 heterocycles. The number of nitrogens with one attached hydrogen (secondary N) is 1. The predicted molar refractivity (Wildman–Crippen MR) is 66.7 cm³/mol. The van der Waals surface area contributed by atoms with Crippen molar-refractivity contribution in [1.29, 1.82) is 0 Å². The number of esters is 1. The Morgan fingerprint density at radius 2 is 1.94 bits per heavy atom. The summed E-state index contributed by atoms with van der Waals surface area (Å²) < 4.78 is 4.92. The van der Waals surface area contributed by atoms with Gasteiger partial charge in [0.05, 0.1) is 12.2 Å². The zero-order chi connectivity index (χ0) is 12.7. The fraction of sp³-hybridized carbons (Fsp3) is 0.923. The van der Waals surface area contributed by atoms with Gasteiger partial charge in [-0.25, -0.2) is 0 Å². The molecule has 1 aliphatic carbocycles. The van der Waals surface area contributed by atoms with Crippen LogP contribution in [0.5, 0.6) is 0 Å². The van der Waals surface area contributed by atoms with Gasteiger partial charge in [-0.05, 0) is 26.7 Å². The van der Waals surface area contributed by atoms with Crippen LogP contribution in [0.1, 0.15) is 52.4 Å². The van der Waals surface area contributed by atoms with Gasteiger partial charge in [-0.15, -0.1) is 0 Å². The van der Waals surface area contributed by atoms with Gasteiger partial charge in [0.25, 0.3) is 0 Å². The number of carbonyl (C=O) groups excluding carboxylic acids is 1. The van der Waals surface area contributed by atoms with E-state index >= 15 is 0 Å². The van der Waals surface area contributed by atoms with Crippen LogP contribution in [-0.4, -0.2) is 35.9 Å². The van der Waals surface area contributed by atoms with Gasteiger partial charge in [-0.2, -0.15) is 0 Å². The van der Waals surface area contributed by atoms with Crippen LogP contribution < -0.4 is 5.32 Å². The van der Waals surface area contributed by atoms with Crippen LogP contribution >= 0.6 is 0 Å². The number of ether oxygens (including phenoxy) is 1. The highest BCUT2D eigenvalue weighted by Gasteiger charge is 2.29. The van der Waals surface area contributed by atoms with Crippen molar-refractivity contribution in [2.45, 2.75) is 64.0 Å². The number of carbonyl (C=O) groups is 1. The normalized spacial score (nSPS) is 21.6. The maximum atomic E-state index is 11.4. The Morgan fingerprint density at radius 1 is 1.35 bits per heavy atom. The van der Waals surface area contributed by atoms with Crippen LogP contribution in [0.2, 0.25) is 0 Å². The van der Waals surface area contributed by atoms with Crippen LogP contribution in [-0.2, 0) is 9.53 Å². The molecule has 0 aliphatic heterocycles. The number of hydrogen-bond donors (Lipinski definition) is 2. The summed E-state index contributed by atoms with van der Waals surface area (Å²) in [6.07, 6.45) is 6.22. The lowest BCUT2D eigenvalue weighted by atomic mass is 9.94. The maximum Gasteiger partial charge on any atom is 0.322 e. The summed E-state index contributed by atoms with van der Waals surface area (Å²) in [6, 6.07) is -0.345. The summed E-state index contributed by atoms with van der Waals surface area (Å²) in [5.41, 5.74) is -0.642. The molecule has 100 valence electrons. The lowest BCUT2D eigenvalue weighted by molar-refractivity contribution is -0.145. The zero-order valence-electron chi connectivity index (χ0n) is 11.0. The molecule has 0 saturated heterocycles. The fourth-order valence-electron chi connectivity index (χ4n) is 2.26. The van der Waals surface area contributed by atoms with Crippen LogP contribution in [0, 0.1) is 0 Å². The molecule has 1 fully saturated rings. The molecule has 0 aromatic carbocycles. The fourth-order valence-corrected chi connectivity index (χ4v) is 2.26. The third-order valence-corrected chi connectivity index (χ3v) is 3.41. The minimum atomic E-state index is -0.642. The van der Waals surface area contributed by atoms with E-state index in [0.717, 1.165) is 25.7 Å². The minimum Gasteiger partial charge on any atom is -0.465 e. The maximum absolute atomic E-state index is 11.4. The molecule has 0 radical (unpaired) electrons. The van der Waals surface area contributed by atoms with Crippen molar-refractivity contribution in [1.82, 2.24) is 5.32 Å². The summed E-state index contributed by atoms with van der Waals surface area (Å²) in [5.74, 6) is -0.246. The van der Waals surface area contributed by atoms with E-state index in [1.54, 1.807) is 13.8 Å². The third-order valence-electron chi connectivity index (χ3n) is 3.41. The lowest BCUT2D eigenvalue weighted by Gasteiger charge is -2.28. The van der Waals surface area contributed by atoms with Gasteiger partial charge in [-0.3, -0.25) is 4.79 Å². The summed E-state index contributed by atoms with van der Waals surface area (Å²) in [6.45, 7) is 4.45. The SMILES string of the molecule is CCOC(=O)C(C)NCC1(O)CCCCCC1. The highest BCUT2D eigenvalue weighted by atomic mass is 16.5. The molecule has 0 amide bonds. The van der Waals surface area contributed by atoms with Crippen molar-refractivity contribution in [2.75, 3.05) is 13.2 Å². The van der Waals surface area contributed by atoms with E-state index in [1.165, 1.54) is 12.8 Å². The van der Waals surface area contributed by atoms with Crippen molar-refractivity contribution in [3.8, 4) is 0 Å². The zero-order valence-corrected chi connectivity index (χ0v) is 11.0. The molecule has 4 nitrogen and oxygen atoms in total. The Kier molecular flexibility index (Phi) is 5.92. The Balaban J connectivity index is 2.34. The molecule has 4 heteroatoms. The molecule has 1 rings (SSSR count). The van der Waals surface area contributed by atoms with Gasteiger partial charge in [0, 0.05) is 6.54 Å². The highest BCUT2D eigenvalue weighted by molar-refractivity contribution is 5.75. The molecule has 1 atom stereocenters. The topological polar surface area (TPSA) is 58.6 Å². The van der Waals surface area contributed by atoms with Gasteiger partial charge in [-0.1, -0.05) is 25.7 Å². The molecule has 1 aliphatic rings. The first-order valence-corrected chi connectivity index (χ1v) is 6.70. The Hall–Kier alpha value is -0.610. The second-order valence-electron chi connectivity index (χ2n) is 4.99. The van der Waals surface area contributed by atoms with Gasteiger partial charge in [0.15, 0.2) is 0 Å². The van der Waals surface area contributed by atoms with E-state index in [1.807, 2.05) is 0 Å². The molecule has 0 aromatic heterocycles. The number of aliphatic hydroxyl groups is 1. The van der Waals surface area contributed by atoms with Crippen molar-refractivity contribution in [3.05, 3.63) is 0 Å². The van der Waals surface area contributed by atoms with E-state index in [-0.39, 0.29) is 12.0 Å².